The van der Waals surface area contributed by atoms with Gasteiger partial charge in [0, 0.05) is 19.6 Å². The van der Waals surface area contributed by atoms with Gasteiger partial charge in [-0.05, 0) is 24.3 Å². The van der Waals surface area contributed by atoms with Crippen molar-refractivity contribution in [2.45, 2.75) is 10.1 Å². The van der Waals surface area contributed by atoms with E-state index in [1.54, 1.807) is 35.2 Å². The van der Waals surface area contributed by atoms with Crippen LogP contribution in [0.2, 0.25) is 0 Å². The second-order valence-electron chi connectivity index (χ2n) is 5.65. The highest BCUT2D eigenvalue weighted by Crippen LogP contribution is 2.28. The summed E-state index contributed by atoms with van der Waals surface area (Å²) in [4.78, 5) is 14.1. The van der Waals surface area contributed by atoms with E-state index in [0.717, 1.165) is 0 Å². The lowest BCUT2D eigenvalue weighted by Crippen LogP contribution is -2.47. The molecule has 134 valence electrons. The Morgan fingerprint density at radius 1 is 1.12 bits per heavy atom. The Balaban J connectivity index is 1.78. The van der Waals surface area contributed by atoms with Gasteiger partial charge in [0.2, 0.25) is 0 Å². The van der Waals surface area contributed by atoms with Gasteiger partial charge in [-0.2, -0.15) is 0 Å². The van der Waals surface area contributed by atoms with Crippen LogP contribution in [0.1, 0.15) is 11.0 Å². The Morgan fingerprint density at radius 2 is 1.84 bits per heavy atom. The standard InChI is InChI=1S/C17H20N2O5S/c20-17(19-8-11-23-12-9-19)18-13-16(15-7-4-10-24-15)25(21,22)14-5-2-1-3-6-14/h1-7,10,16H,8-9,11-13H2,(H,18,20). The molecular formula is C17H20N2O5S. The summed E-state index contributed by atoms with van der Waals surface area (Å²) in [6, 6.07) is 11.1. The average Bonchev–Trinajstić information content (AvgIpc) is 3.17. The molecule has 0 bridgehead atoms. The van der Waals surface area contributed by atoms with Crippen LogP contribution in [0, 0.1) is 0 Å². The number of amides is 2. The van der Waals surface area contributed by atoms with Crippen molar-refractivity contribution in [1.29, 1.82) is 0 Å². The first kappa shape index (κ1) is 17.5. The first-order chi connectivity index (χ1) is 12.1. The van der Waals surface area contributed by atoms with E-state index >= 15 is 0 Å². The van der Waals surface area contributed by atoms with Crippen molar-refractivity contribution < 1.29 is 22.4 Å². The number of urea groups is 1. The van der Waals surface area contributed by atoms with Crippen molar-refractivity contribution in [3.8, 4) is 0 Å². The van der Waals surface area contributed by atoms with E-state index in [1.165, 1.54) is 18.4 Å². The van der Waals surface area contributed by atoms with Gasteiger partial charge in [-0.15, -0.1) is 0 Å². The number of sulfone groups is 1. The summed E-state index contributed by atoms with van der Waals surface area (Å²) in [6.45, 7) is 1.88. The lowest BCUT2D eigenvalue weighted by molar-refractivity contribution is 0.0532. The lowest BCUT2D eigenvalue weighted by Gasteiger charge is -2.27. The first-order valence-corrected chi connectivity index (χ1v) is 9.56. The molecule has 1 N–H and O–H groups in total. The number of nitrogens with one attached hydrogen (secondary N) is 1. The summed E-state index contributed by atoms with van der Waals surface area (Å²) in [7, 11) is -3.70. The molecule has 8 heteroatoms. The smallest absolute Gasteiger partial charge is 0.317 e. The van der Waals surface area contributed by atoms with Gasteiger partial charge in [-0.25, -0.2) is 13.2 Å². The predicted molar refractivity (Wildman–Crippen MR) is 90.9 cm³/mol. The van der Waals surface area contributed by atoms with Crippen LogP contribution in [0.4, 0.5) is 4.79 Å². The molecule has 1 aliphatic heterocycles. The normalized spacial score (nSPS) is 16.4. The third-order valence-corrected chi connectivity index (χ3v) is 6.12. The zero-order chi connectivity index (χ0) is 17.7. The summed E-state index contributed by atoms with van der Waals surface area (Å²) in [5, 5.41) is 1.72. The number of rotatable bonds is 5. The van der Waals surface area contributed by atoms with Gasteiger partial charge in [-0.1, -0.05) is 18.2 Å². The molecule has 2 aromatic rings. The number of hydrogen-bond acceptors (Lipinski definition) is 5. The highest BCUT2D eigenvalue weighted by Gasteiger charge is 2.32. The van der Waals surface area contributed by atoms with Crippen LogP contribution in [-0.4, -0.2) is 52.2 Å². The third-order valence-electron chi connectivity index (χ3n) is 4.04. The number of hydrogen-bond donors (Lipinski definition) is 1. The number of carbonyl (C=O) groups excluding carboxylic acids is 1. The number of furan rings is 1. The molecule has 1 atom stereocenters. The first-order valence-electron chi connectivity index (χ1n) is 8.02. The predicted octanol–water partition coefficient (Wildman–Crippen LogP) is 1.84. The van der Waals surface area contributed by atoms with Gasteiger partial charge >= 0.3 is 6.03 Å². The summed E-state index contributed by atoms with van der Waals surface area (Å²) in [5.41, 5.74) is 0. The quantitative estimate of drug-likeness (QED) is 0.874. The second-order valence-corrected chi connectivity index (χ2v) is 7.78. The summed E-state index contributed by atoms with van der Waals surface area (Å²) in [6.07, 6.45) is 1.42. The fraction of sp³-hybridized carbons (Fsp3) is 0.353. The molecule has 1 unspecified atom stereocenters. The third kappa shape index (κ3) is 4.02. The minimum Gasteiger partial charge on any atom is -0.468 e. The van der Waals surface area contributed by atoms with Crippen LogP contribution in [0.15, 0.2) is 58.0 Å². The maximum absolute atomic E-state index is 13.0. The maximum atomic E-state index is 13.0. The number of morpholine rings is 1. The van der Waals surface area contributed by atoms with Crippen LogP contribution in [0.3, 0.4) is 0 Å². The topological polar surface area (TPSA) is 88.8 Å². The van der Waals surface area contributed by atoms with Gasteiger partial charge < -0.3 is 19.4 Å². The Hall–Kier alpha value is -2.32. The highest BCUT2D eigenvalue weighted by molar-refractivity contribution is 7.91. The maximum Gasteiger partial charge on any atom is 0.317 e. The van der Waals surface area contributed by atoms with Crippen LogP contribution in [-0.2, 0) is 14.6 Å². The average molecular weight is 364 g/mol. The Labute approximate surface area is 146 Å². The number of carbonyl (C=O) groups is 1. The number of benzene rings is 1. The van der Waals surface area contributed by atoms with Crippen molar-refractivity contribution in [2.75, 3.05) is 32.8 Å². The van der Waals surface area contributed by atoms with Crippen molar-refractivity contribution in [3.05, 3.63) is 54.5 Å². The minimum atomic E-state index is -3.70. The lowest BCUT2D eigenvalue weighted by atomic mass is 10.3. The highest BCUT2D eigenvalue weighted by atomic mass is 32.2. The van der Waals surface area contributed by atoms with Gasteiger partial charge in [0.25, 0.3) is 0 Å². The molecule has 3 rings (SSSR count). The molecule has 0 radical (unpaired) electrons. The van der Waals surface area contributed by atoms with Crippen molar-refractivity contribution >= 4 is 15.9 Å². The SMILES string of the molecule is O=C(NCC(c1ccco1)S(=O)(=O)c1ccccc1)N1CCOCC1. The van der Waals surface area contributed by atoms with E-state index in [4.69, 9.17) is 9.15 Å². The monoisotopic (exact) mass is 364 g/mol. The Bertz CT molecular complexity index is 784. The van der Waals surface area contributed by atoms with Crippen LogP contribution < -0.4 is 5.32 Å². The molecule has 2 amide bonds. The van der Waals surface area contributed by atoms with Gasteiger partial charge in [0.1, 0.15) is 11.0 Å². The molecule has 1 aliphatic rings. The van der Waals surface area contributed by atoms with Gasteiger partial charge in [0.15, 0.2) is 9.84 Å². The molecule has 1 saturated heterocycles. The zero-order valence-corrected chi connectivity index (χ0v) is 14.4. The van der Waals surface area contributed by atoms with E-state index < -0.39 is 15.1 Å². The van der Waals surface area contributed by atoms with Crippen LogP contribution in [0.25, 0.3) is 0 Å². The van der Waals surface area contributed by atoms with E-state index in [9.17, 15) is 13.2 Å². The zero-order valence-electron chi connectivity index (χ0n) is 13.6. The van der Waals surface area contributed by atoms with E-state index in [2.05, 4.69) is 5.32 Å². The molecule has 25 heavy (non-hydrogen) atoms. The van der Waals surface area contributed by atoms with Gasteiger partial charge in [-0.3, -0.25) is 0 Å². The second kappa shape index (κ2) is 7.71. The summed E-state index contributed by atoms with van der Waals surface area (Å²) >= 11 is 0. The molecule has 0 saturated carbocycles. The van der Waals surface area contributed by atoms with Crippen molar-refractivity contribution in [1.82, 2.24) is 10.2 Å². The van der Waals surface area contributed by atoms with E-state index in [1.807, 2.05) is 0 Å². The Morgan fingerprint density at radius 3 is 2.48 bits per heavy atom. The van der Waals surface area contributed by atoms with E-state index in [0.29, 0.717) is 32.1 Å². The number of ether oxygens (including phenoxy) is 1. The molecule has 0 spiro atoms. The molecule has 1 aromatic carbocycles. The fourth-order valence-electron chi connectivity index (χ4n) is 2.67. The van der Waals surface area contributed by atoms with Crippen molar-refractivity contribution in [2.24, 2.45) is 0 Å². The van der Waals surface area contributed by atoms with Crippen molar-refractivity contribution in [3.63, 3.8) is 0 Å². The Kier molecular flexibility index (Phi) is 5.40. The van der Waals surface area contributed by atoms with Crippen LogP contribution >= 0.6 is 0 Å². The molecule has 1 aromatic heterocycles. The number of nitrogens with zero attached hydrogens (tertiary/aromatic N) is 1. The van der Waals surface area contributed by atoms with Crippen LogP contribution in [0.5, 0.6) is 0 Å². The molecule has 0 aliphatic carbocycles. The molecular weight excluding hydrogens is 344 g/mol. The summed E-state index contributed by atoms with van der Waals surface area (Å²) in [5.74, 6) is 0.297. The largest absolute Gasteiger partial charge is 0.468 e. The molecule has 7 nitrogen and oxygen atoms in total. The van der Waals surface area contributed by atoms with E-state index in [-0.39, 0.29) is 17.5 Å². The van der Waals surface area contributed by atoms with Gasteiger partial charge in [0.05, 0.1) is 24.4 Å². The minimum absolute atomic E-state index is 0.0685. The molecule has 2 heterocycles. The fourth-order valence-corrected chi connectivity index (χ4v) is 4.28. The summed E-state index contributed by atoms with van der Waals surface area (Å²) < 4.78 is 36.5. The molecule has 1 fully saturated rings.